The molecule has 9 heteroatoms. The van der Waals surface area contributed by atoms with Gasteiger partial charge in [0.1, 0.15) is 12.4 Å². The molecule has 0 radical (unpaired) electrons. The lowest BCUT2D eigenvalue weighted by Gasteiger charge is -2.13. The van der Waals surface area contributed by atoms with Gasteiger partial charge in [0.2, 0.25) is 5.91 Å². The smallest absolute Gasteiger partial charge is 0.239 e. The number of carbonyl (C=O) groups is 1. The number of benzene rings is 1. The second-order valence-electron chi connectivity index (χ2n) is 7.11. The molecule has 3 rings (SSSR count). The quantitative estimate of drug-likeness (QED) is 0.507. The molecule has 2 aromatic heterocycles. The van der Waals surface area contributed by atoms with Crippen LogP contribution in [0.1, 0.15) is 41.4 Å². The molecular formula is C21H27N5O2S2. The Morgan fingerprint density at radius 1 is 1.27 bits per heavy atom. The van der Waals surface area contributed by atoms with Gasteiger partial charge >= 0.3 is 0 Å². The Morgan fingerprint density at radius 2 is 2.03 bits per heavy atom. The van der Waals surface area contributed by atoms with Gasteiger partial charge in [-0.2, -0.15) is 0 Å². The van der Waals surface area contributed by atoms with Crippen LogP contribution in [-0.2, 0) is 17.9 Å². The van der Waals surface area contributed by atoms with Crippen molar-refractivity contribution in [1.82, 2.24) is 19.7 Å². The number of thiazole rings is 1. The molecular weight excluding hydrogens is 418 g/mol. The highest BCUT2D eigenvalue weighted by atomic mass is 32.2. The molecule has 0 saturated heterocycles. The van der Waals surface area contributed by atoms with Crippen molar-refractivity contribution >= 4 is 34.1 Å². The zero-order valence-corrected chi connectivity index (χ0v) is 19.8. The molecule has 1 unspecified atom stereocenters. The fraction of sp³-hybridized carbons (Fsp3) is 0.429. The maximum Gasteiger partial charge on any atom is 0.239 e. The highest BCUT2D eigenvalue weighted by molar-refractivity contribution is 8.00. The first kappa shape index (κ1) is 22.3. The molecule has 1 aromatic carbocycles. The van der Waals surface area contributed by atoms with E-state index < -0.39 is 0 Å². The van der Waals surface area contributed by atoms with Crippen LogP contribution in [0.25, 0.3) is 0 Å². The van der Waals surface area contributed by atoms with E-state index >= 15 is 0 Å². The summed E-state index contributed by atoms with van der Waals surface area (Å²) in [7, 11) is 0. The van der Waals surface area contributed by atoms with Gasteiger partial charge in [0, 0.05) is 11.4 Å². The lowest BCUT2D eigenvalue weighted by molar-refractivity contribution is -0.115. The molecule has 0 saturated carbocycles. The number of hydrogen-bond donors (Lipinski definition) is 1. The van der Waals surface area contributed by atoms with E-state index in [0.29, 0.717) is 23.4 Å². The van der Waals surface area contributed by atoms with Crippen LogP contribution in [0.15, 0.2) is 23.4 Å². The number of thioether (sulfide) groups is 1. The minimum atomic E-state index is -0.336. The normalized spacial score (nSPS) is 12.1. The summed E-state index contributed by atoms with van der Waals surface area (Å²) < 4.78 is 7.97. The molecule has 3 aromatic rings. The van der Waals surface area contributed by atoms with E-state index in [1.54, 1.807) is 0 Å². The van der Waals surface area contributed by atoms with Crippen molar-refractivity contribution in [3.63, 3.8) is 0 Å². The number of nitrogens with zero attached hydrogens (tertiary/aromatic N) is 4. The maximum absolute atomic E-state index is 12.6. The number of nitrogens with one attached hydrogen (secondary N) is 1. The van der Waals surface area contributed by atoms with Crippen molar-refractivity contribution in [2.75, 3.05) is 5.32 Å². The van der Waals surface area contributed by atoms with Crippen molar-refractivity contribution in [1.29, 1.82) is 0 Å². The van der Waals surface area contributed by atoms with Gasteiger partial charge in [0.15, 0.2) is 16.1 Å². The fourth-order valence-electron chi connectivity index (χ4n) is 2.78. The van der Waals surface area contributed by atoms with Crippen molar-refractivity contribution < 1.29 is 9.53 Å². The van der Waals surface area contributed by atoms with Crippen LogP contribution in [0.3, 0.4) is 0 Å². The van der Waals surface area contributed by atoms with Crippen LogP contribution in [0, 0.1) is 27.7 Å². The summed E-state index contributed by atoms with van der Waals surface area (Å²) in [5, 5.41) is 12.5. The number of hydrogen-bond acceptors (Lipinski definition) is 7. The van der Waals surface area contributed by atoms with E-state index in [0.717, 1.165) is 33.3 Å². The molecule has 2 heterocycles. The van der Waals surface area contributed by atoms with E-state index in [1.807, 2.05) is 58.2 Å². The Labute approximate surface area is 185 Å². The minimum Gasteiger partial charge on any atom is -0.485 e. The van der Waals surface area contributed by atoms with Gasteiger partial charge in [-0.25, -0.2) is 4.98 Å². The molecule has 30 heavy (non-hydrogen) atoms. The molecule has 0 spiro atoms. The van der Waals surface area contributed by atoms with Gasteiger partial charge < -0.3 is 14.6 Å². The standard InChI is InChI=1S/C21H27N5O2S2/c1-7-26-18(11-28-17-10-12(2)8-9-13(17)3)24-25-21(26)30-16(6)19(27)23-20-22-14(4)15(5)29-20/h8-10,16H,7,11H2,1-6H3,(H,22,23,27). The molecule has 0 aliphatic rings. The maximum atomic E-state index is 12.6. The summed E-state index contributed by atoms with van der Waals surface area (Å²) in [6.07, 6.45) is 0. The van der Waals surface area contributed by atoms with Crippen LogP contribution < -0.4 is 10.1 Å². The van der Waals surface area contributed by atoms with E-state index in [9.17, 15) is 4.79 Å². The van der Waals surface area contributed by atoms with E-state index in [1.165, 1.54) is 23.1 Å². The number of aryl methyl sites for hydroxylation is 4. The van der Waals surface area contributed by atoms with Gasteiger partial charge in [-0.15, -0.1) is 21.5 Å². The topological polar surface area (TPSA) is 81.9 Å². The van der Waals surface area contributed by atoms with Gasteiger partial charge in [-0.1, -0.05) is 23.9 Å². The van der Waals surface area contributed by atoms with Crippen LogP contribution in [0.5, 0.6) is 5.75 Å². The number of ether oxygens (including phenoxy) is 1. The second kappa shape index (κ2) is 9.61. The largest absolute Gasteiger partial charge is 0.485 e. The van der Waals surface area contributed by atoms with E-state index in [2.05, 4.69) is 26.6 Å². The molecule has 0 aliphatic heterocycles. The highest BCUT2D eigenvalue weighted by Crippen LogP contribution is 2.26. The Hall–Kier alpha value is -2.39. The summed E-state index contributed by atoms with van der Waals surface area (Å²) in [5.41, 5.74) is 3.17. The third-order valence-electron chi connectivity index (χ3n) is 4.72. The Morgan fingerprint density at radius 3 is 2.70 bits per heavy atom. The summed E-state index contributed by atoms with van der Waals surface area (Å²) in [6.45, 7) is 12.9. The predicted molar refractivity (Wildman–Crippen MR) is 121 cm³/mol. The van der Waals surface area contributed by atoms with Crippen molar-refractivity contribution in [3.8, 4) is 5.75 Å². The summed E-state index contributed by atoms with van der Waals surface area (Å²) in [4.78, 5) is 18.0. The third-order valence-corrected chi connectivity index (χ3v) is 6.79. The third kappa shape index (κ3) is 5.20. The monoisotopic (exact) mass is 445 g/mol. The SMILES string of the molecule is CCn1c(COc2cc(C)ccc2C)nnc1SC(C)C(=O)Nc1nc(C)c(C)s1. The lowest BCUT2D eigenvalue weighted by atomic mass is 10.1. The fourth-order valence-corrected chi connectivity index (χ4v) is 4.53. The first-order valence-corrected chi connectivity index (χ1v) is 11.5. The van der Waals surface area contributed by atoms with Crippen LogP contribution >= 0.6 is 23.1 Å². The Bertz CT molecular complexity index is 1020. The molecule has 0 aliphatic carbocycles. The first-order chi connectivity index (χ1) is 14.3. The molecule has 160 valence electrons. The number of rotatable bonds is 8. The lowest BCUT2D eigenvalue weighted by Crippen LogP contribution is -2.23. The Kier molecular flexibility index (Phi) is 7.14. The zero-order valence-electron chi connectivity index (χ0n) is 18.1. The average Bonchev–Trinajstić information content (AvgIpc) is 3.24. The molecule has 1 amide bonds. The molecule has 1 atom stereocenters. The zero-order chi connectivity index (χ0) is 21.8. The van der Waals surface area contributed by atoms with Gasteiger partial charge in [-0.05, 0) is 58.7 Å². The predicted octanol–water partition coefficient (Wildman–Crippen LogP) is 4.69. The first-order valence-electron chi connectivity index (χ1n) is 9.82. The number of aromatic nitrogens is 4. The molecule has 1 N–H and O–H groups in total. The van der Waals surface area contributed by atoms with E-state index in [4.69, 9.17) is 4.74 Å². The molecule has 7 nitrogen and oxygen atoms in total. The minimum absolute atomic E-state index is 0.104. The van der Waals surface area contributed by atoms with Crippen molar-refractivity contribution in [2.45, 2.75) is 65.1 Å². The molecule has 0 fully saturated rings. The summed E-state index contributed by atoms with van der Waals surface area (Å²) in [6, 6.07) is 6.13. The van der Waals surface area contributed by atoms with Crippen molar-refractivity contribution in [2.24, 2.45) is 0 Å². The number of carbonyl (C=O) groups excluding carboxylic acids is 1. The van der Waals surface area contributed by atoms with Gasteiger partial charge in [0.25, 0.3) is 0 Å². The van der Waals surface area contributed by atoms with Gasteiger partial charge in [-0.3, -0.25) is 4.79 Å². The van der Waals surface area contributed by atoms with Crippen LogP contribution in [-0.4, -0.2) is 30.9 Å². The second-order valence-corrected chi connectivity index (χ2v) is 9.62. The summed E-state index contributed by atoms with van der Waals surface area (Å²) in [5.74, 6) is 1.48. The van der Waals surface area contributed by atoms with Crippen molar-refractivity contribution in [3.05, 3.63) is 45.7 Å². The van der Waals surface area contributed by atoms with Crippen LogP contribution in [0.2, 0.25) is 0 Å². The highest BCUT2D eigenvalue weighted by Gasteiger charge is 2.21. The number of anilines is 1. The van der Waals surface area contributed by atoms with Crippen LogP contribution in [0.4, 0.5) is 5.13 Å². The molecule has 0 bridgehead atoms. The average molecular weight is 446 g/mol. The summed E-state index contributed by atoms with van der Waals surface area (Å²) >= 11 is 2.86. The Balaban J connectivity index is 1.65. The number of amides is 1. The van der Waals surface area contributed by atoms with Gasteiger partial charge in [0.05, 0.1) is 10.9 Å². The van der Waals surface area contributed by atoms with E-state index in [-0.39, 0.29) is 11.2 Å².